The third kappa shape index (κ3) is 9.04. The molecule has 0 unspecified atom stereocenters. The van der Waals surface area contributed by atoms with Crippen LogP contribution in [0.2, 0.25) is 15.1 Å². The zero-order valence-corrected chi connectivity index (χ0v) is 28.9. The van der Waals surface area contributed by atoms with E-state index in [1.165, 1.54) is 29.2 Å². The van der Waals surface area contributed by atoms with Crippen LogP contribution in [0.25, 0.3) is 0 Å². The number of aryl methyl sites for hydroxylation is 1. The Morgan fingerprint density at radius 3 is 2.09 bits per heavy atom. The molecule has 2 amide bonds. The van der Waals surface area contributed by atoms with Gasteiger partial charge in [0, 0.05) is 34.6 Å². The third-order valence-electron chi connectivity index (χ3n) is 7.38. The van der Waals surface area contributed by atoms with Gasteiger partial charge in [0.1, 0.15) is 12.6 Å². The minimum absolute atomic E-state index is 0.0317. The summed E-state index contributed by atoms with van der Waals surface area (Å²) in [5.41, 5.74) is 2.36. The van der Waals surface area contributed by atoms with Crippen molar-refractivity contribution < 1.29 is 18.0 Å². The molecule has 0 fully saturated rings. The predicted octanol–water partition coefficient (Wildman–Crippen LogP) is 7.56. The molecule has 46 heavy (non-hydrogen) atoms. The summed E-state index contributed by atoms with van der Waals surface area (Å²) in [6.45, 7) is 5.48. The quantitative estimate of drug-likeness (QED) is 0.156. The molecule has 0 bridgehead atoms. The van der Waals surface area contributed by atoms with Crippen molar-refractivity contribution in [3.05, 3.63) is 129 Å². The molecule has 1 N–H and O–H groups in total. The molecule has 4 aromatic carbocycles. The molecule has 0 radical (unpaired) electrons. The average Bonchev–Trinajstić information content (AvgIpc) is 3.02. The topological polar surface area (TPSA) is 86.8 Å². The maximum Gasteiger partial charge on any atom is 0.264 e. The molecular formula is C35H36Cl3N3O4S. The van der Waals surface area contributed by atoms with Gasteiger partial charge in [-0.3, -0.25) is 13.9 Å². The molecule has 0 heterocycles. The van der Waals surface area contributed by atoms with Gasteiger partial charge in [0.05, 0.1) is 10.6 Å². The Morgan fingerprint density at radius 2 is 1.46 bits per heavy atom. The van der Waals surface area contributed by atoms with Crippen molar-refractivity contribution in [2.24, 2.45) is 5.92 Å². The summed E-state index contributed by atoms with van der Waals surface area (Å²) in [6.07, 6.45) is 0.190. The molecule has 0 aliphatic heterocycles. The summed E-state index contributed by atoms with van der Waals surface area (Å²) in [5.74, 6) is -0.788. The van der Waals surface area contributed by atoms with E-state index in [1.54, 1.807) is 49.4 Å². The van der Waals surface area contributed by atoms with Gasteiger partial charge in [-0.2, -0.15) is 0 Å². The molecule has 0 aliphatic rings. The van der Waals surface area contributed by atoms with E-state index in [2.05, 4.69) is 5.32 Å². The zero-order chi connectivity index (χ0) is 33.4. The third-order valence-corrected chi connectivity index (χ3v) is 9.99. The van der Waals surface area contributed by atoms with Crippen molar-refractivity contribution in [3.63, 3.8) is 0 Å². The highest BCUT2D eigenvalue weighted by Gasteiger charge is 2.35. The standard InChI is InChI=1S/C35H36Cl3N3O4S/c1-24(2)21-39-35(43)33(19-26-10-5-4-6-11-26)40(22-27-13-14-29(37)20-31(27)38)34(42)23-41(32-12-8-7-9-25(32)3)46(44,45)30-17-15-28(36)16-18-30/h4-18,20,24,33H,19,21-23H2,1-3H3,(H,39,43)/t33-/m1/s1. The monoisotopic (exact) mass is 699 g/mol. The van der Waals surface area contributed by atoms with E-state index in [0.717, 1.165) is 9.87 Å². The number of carbonyl (C=O) groups excluding carboxylic acids is 2. The summed E-state index contributed by atoms with van der Waals surface area (Å²) in [5, 5.41) is 4.08. The molecule has 4 aromatic rings. The van der Waals surface area contributed by atoms with Crippen molar-refractivity contribution >= 4 is 62.3 Å². The summed E-state index contributed by atoms with van der Waals surface area (Å²) in [4.78, 5) is 29.8. The van der Waals surface area contributed by atoms with Gasteiger partial charge in [-0.1, -0.05) is 103 Å². The van der Waals surface area contributed by atoms with E-state index in [1.807, 2.05) is 44.2 Å². The number of nitrogens with zero attached hydrogens (tertiary/aromatic N) is 2. The van der Waals surface area contributed by atoms with Gasteiger partial charge in [0.15, 0.2) is 0 Å². The molecule has 0 aliphatic carbocycles. The van der Waals surface area contributed by atoms with Gasteiger partial charge in [-0.25, -0.2) is 8.42 Å². The fraction of sp³-hybridized carbons (Fsp3) is 0.257. The minimum atomic E-state index is -4.25. The zero-order valence-electron chi connectivity index (χ0n) is 25.8. The first kappa shape index (κ1) is 35.3. The van der Waals surface area contributed by atoms with Crippen LogP contribution in [0.15, 0.2) is 102 Å². The molecule has 242 valence electrons. The number of rotatable bonds is 13. The van der Waals surface area contributed by atoms with Gasteiger partial charge in [-0.05, 0) is 72.0 Å². The lowest BCUT2D eigenvalue weighted by Crippen LogP contribution is -2.53. The number of halogens is 3. The lowest BCUT2D eigenvalue weighted by Gasteiger charge is -2.34. The number of hydrogen-bond donors (Lipinski definition) is 1. The van der Waals surface area contributed by atoms with Crippen LogP contribution in [-0.4, -0.2) is 44.3 Å². The lowest BCUT2D eigenvalue weighted by molar-refractivity contribution is -0.140. The van der Waals surface area contributed by atoms with E-state index in [4.69, 9.17) is 34.8 Å². The maximum absolute atomic E-state index is 14.6. The Bertz CT molecular complexity index is 1770. The molecular weight excluding hydrogens is 665 g/mol. The number of amides is 2. The molecule has 0 saturated heterocycles. The van der Waals surface area contributed by atoms with Gasteiger partial charge in [0.25, 0.3) is 10.0 Å². The second-order valence-electron chi connectivity index (χ2n) is 11.4. The molecule has 0 aromatic heterocycles. The van der Waals surface area contributed by atoms with Crippen LogP contribution < -0.4 is 9.62 Å². The highest BCUT2D eigenvalue weighted by Crippen LogP contribution is 2.29. The van der Waals surface area contributed by atoms with Crippen molar-refractivity contribution in [1.82, 2.24) is 10.2 Å². The number of para-hydroxylation sites is 1. The highest BCUT2D eigenvalue weighted by atomic mass is 35.5. The van der Waals surface area contributed by atoms with Crippen LogP contribution in [-0.2, 0) is 32.6 Å². The molecule has 1 atom stereocenters. The normalized spacial score (nSPS) is 12.1. The largest absolute Gasteiger partial charge is 0.354 e. The van der Waals surface area contributed by atoms with Gasteiger partial charge < -0.3 is 10.2 Å². The van der Waals surface area contributed by atoms with E-state index >= 15 is 0 Å². The molecule has 0 saturated carbocycles. The summed E-state index contributed by atoms with van der Waals surface area (Å²) < 4.78 is 29.4. The number of benzene rings is 4. The van der Waals surface area contributed by atoms with Crippen LogP contribution in [0, 0.1) is 12.8 Å². The van der Waals surface area contributed by atoms with Crippen molar-refractivity contribution in [1.29, 1.82) is 0 Å². The number of sulfonamides is 1. The first-order chi connectivity index (χ1) is 21.9. The first-order valence-corrected chi connectivity index (χ1v) is 17.3. The van der Waals surface area contributed by atoms with Crippen LogP contribution in [0.5, 0.6) is 0 Å². The summed E-state index contributed by atoms with van der Waals surface area (Å²) in [7, 11) is -4.25. The Balaban J connectivity index is 1.83. The fourth-order valence-electron chi connectivity index (χ4n) is 4.90. The van der Waals surface area contributed by atoms with Gasteiger partial charge in [0.2, 0.25) is 11.8 Å². The van der Waals surface area contributed by atoms with Crippen molar-refractivity contribution in [2.45, 2.75) is 44.7 Å². The van der Waals surface area contributed by atoms with Crippen molar-refractivity contribution in [3.8, 4) is 0 Å². The Labute approximate surface area is 286 Å². The van der Waals surface area contributed by atoms with E-state index in [0.29, 0.717) is 38.4 Å². The fourth-order valence-corrected chi connectivity index (χ4v) is 6.97. The predicted molar refractivity (Wildman–Crippen MR) is 186 cm³/mol. The second kappa shape index (κ2) is 15.8. The van der Waals surface area contributed by atoms with E-state index < -0.39 is 28.5 Å². The Hall–Kier alpha value is -3.56. The Kier molecular flexibility index (Phi) is 12.1. The van der Waals surface area contributed by atoms with Crippen LogP contribution in [0.3, 0.4) is 0 Å². The van der Waals surface area contributed by atoms with E-state index in [-0.39, 0.29) is 29.7 Å². The maximum atomic E-state index is 14.6. The van der Waals surface area contributed by atoms with Crippen molar-refractivity contribution in [2.75, 3.05) is 17.4 Å². The van der Waals surface area contributed by atoms with Crippen LogP contribution >= 0.6 is 34.8 Å². The molecule has 11 heteroatoms. The number of carbonyl (C=O) groups is 2. The molecule has 7 nitrogen and oxygen atoms in total. The minimum Gasteiger partial charge on any atom is -0.354 e. The molecule has 0 spiro atoms. The van der Waals surface area contributed by atoms with Crippen LogP contribution in [0.1, 0.15) is 30.5 Å². The van der Waals surface area contributed by atoms with Gasteiger partial charge >= 0.3 is 0 Å². The smallest absolute Gasteiger partial charge is 0.264 e. The SMILES string of the molecule is Cc1ccccc1N(CC(=O)N(Cc1ccc(Cl)cc1Cl)[C@H](Cc1ccccc1)C(=O)NCC(C)C)S(=O)(=O)c1ccc(Cl)cc1. The summed E-state index contributed by atoms with van der Waals surface area (Å²) in [6, 6.07) is 26.0. The first-order valence-electron chi connectivity index (χ1n) is 14.8. The van der Waals surface area contributed by atoms with E-state index in [9.17, 15) is 18.0 Å². The number of nitrogens with one attached hydrogen (secondary N) is 1. The second-order valence-corrected chi connectivity index (χ2v) is 14.5. The van der Waals surface area contributed by atoms with Crippen LogP contribution in [0.4, 0.5) is 5.69 Å². The number of anilines is 1. The highest BCUT2D eigenvalue weighted by molar-refractivity contribution is 7.92. The number of hydrogen-bond acceptors (Lipinski definition) is 4. The van der Waals surface area contributed by atoms with Gasteiger partial charge in [-0.15, -0.1) is 0 Å². The lowest BCUT2D eigenvalue weighted by atomic mass is 10.0. The Morgan fingerprint density at radius 1 is 0.826 bits per heavy atom. The summed E-state index contributed by atoms with van der Waals surface area (Å²) >= 11 is 18.8. The average molecular weight is 701 g/mol. The molecule has 4 rings (SSSR count).